The highest BCUT2D eigenvalue weighted by Gasteiger charge is 2.18. The van der Waals surface area contributed by atoms with Gasteiger partial charge in [-0.1, -0.05) is 29.8 Å². The molecule has 0 radical (unpaired) electrons. The van der Waals surface area contributed by atoms with Crippen molar-refractivity contribution in [1.82, 2.24) is 20.6 Å². The lowest BCUT2D eigenvalue weighted by Crippen LogP contribution is -2.44. The number of nitrogens with one attached hydrogen (secondary N) is 3. The largest absolute Gasteiger partial charge is 0.482 e. The summed E-state index contributed by atoms with van der Waals surface area (Å²) in [5.41, 5.74) is 3.23. The van der Waals surface area contributed by atoms with Crippen LogP contribution in [0.2, 0.25) is 0 Å². The monoisotopic (exact) mass is 382 g/mol. The molecule has 2 aromatic heterocycles. The van der Waals surface area contributed by atoms with E-state index in [9.17, 15) is 0 Å². The third-order valence-corrected chi connectivity index (χ3v) is 5.21. The van der Waals surface area contributed by atoms with Crippen molar-refractivity contribution in [3.63, 3.8) is 0 Å². The topological polar surface area (TPSA) is 62.0 Å². The number of rotatable bonds is 6. The molecule has 1 aliphatic heterocycles. The fourth-order valence-corrected chi connectivity index (χ4v) is 3.61. The van der Waals surface area contributed by atoms with E-state index in [0.717, 1.165) is 46.9 Å². The average Bonchev–Trinajstić information content (AvgIpc) is 3.11. The molecule has 2 atom stereocenters. The number of methoxy groups -OCH3 is 1. The van der Waals surface area contributed by atoms with Crippen molar-refractivity contribution >= 4 is 22.6 Å². The van der Waals surface area contributed by atoms with E-state index >= 15 is 0 Å². The van der Waals surface area contributed by atoms with Crippen LogP contribution in [0.5, 0.6) is 0 Å². The van der Waals surface area contributed by atoms with Crippen molar-refractivity contribution in [3.8, 4) is 0 Å². The molecule has 3 N–H and O–H groups in total. The molecule has 0 amide bonds. The number of halogens is 1. The van der Waals surface area contributed by atoms with Crippen LogP contribution in [0.3, 0.4) is 0 Å². The molecule has 0 bridgehead atoms. The molecular weight excluding hydrogens is 360 g/mol. The zero-order valence-electron chi connectivity index (χ0n) is 15.2. The molecule has 140 valence electrons. The number of dihydropyridines is 1. The number of nitrogens with zero attached hydrogens (tertiary/aromatic N) is 1. The maximum atomic E-state index is 5.98. The van der Waals surface area contributed by atoms with E-state index in [-0.39, 0.29) is 6.17 Å². The van der Waals surface area contributed by atoms with Gasteiger partial charge >= 0.3 is 0 Å². The Kier molecular flexibility index (Phi) is 5.32. The second-order valence-corrected chi connectivity index (χ2v) is 7.22. The Labute approximate surface area is 163 Å². The lowest BCUT2D eigenvalue weighted by Gasteiger charge is -2.26. The van der Waals surface area contributed by atoms with Gasteiger partial charge in [-0.05, 0) is 42.2 Å². The Morgan fingerprint density at radius 2 is 2.26 bits per heavy atom. The Balaban J connectivity index is 1.40. The summed E-state index contributed by atoms with van der Waals surface area (Å²) >= 11 is 5.98. The summed E-state index contributed by atoms with van der Waals surface area (Å²) in [4.78, 5) is 7.58. The molecule has 3 heterocycles. The van der Waals surface area contributed by atoms with Gasteiger partial charge in [0.2, 0.25) is 0 Å². The molecule has 2 aromatic rings. The predicted octanol–water partition coefficient (Wildman–Crippen LogP) is 3.74. The molecule has 0 saturated heterocycles. The van der Waals surface area contributed by atoms with Crippen LogP contribution in [0.15, 0.2) is 71.4 Å². The van der Waals surface area contributed by atoms with E-state index < -0.39 is 0 Å². The third kappa shape index (κ3) is 4.10. The molecular formula is C21H23ClN4O. The van der Waals surface area contributed by atoms with E-state index in [0.29, 0.717) is 5.92 Å². The molecule has 0 spiro atoms. The number of pyridine rings is 1. The van der Waals surface area contributed by atoms with Gasteiger partial charge in [0.05, 0.1) is 13.3 Å². The van der Waals surface area contributed by atoms with Gasteiger partial charge in [0, 0.05) is 41.4 Å². The molecule has 2 aliphatic rings. The molecule has 5 nitrogen and oxygen atoms in total. The van der Waals surface area contributed by atoms with Gasteiger partial charge in [0.25, 0.3) is 0 Å². The van der Waals surface area contributed by atoms with Gasteiger partial charge in [0.15, 0.2) is 5.88 Å². The van der Waals surface area contributed by atoms with Crippen LogP contribution in [-0.4, -0.2) is 29.8 Å². The fraction of sp³-hybridized carbons (Fsp3) is 0.286. The summed E-state index contributed by atoms with van der Waals surface area (Å²) in [6, 6.07) is 4.05. The number of hydrogen-bond acceptors (Lipinski definition) is 4. The Hall–Kier alpha value is -2.50. The highest BCUT2D eigenvalue weighted by molar-refractivity contribution is 6.31. The molecule has 4 rings (SSSR count). The SMILES string of the molecule is COC1=C(Cc2c[nH]c3ncccc23)C=CC(NCC2C=CC(Cl)=CC2)N1. The first-order valence-corrected chi connectivity index (χ1v) is 9.51. The van der Waals surface area contributed by atoms with Crippen LogP contribution in [0, 0.1) is 5.92 Å². The average molecular weight is 383 g/mol. The summed E-state index contributed by atoms with van der Waals surface area (Å²) in [5.74, 6) is 1.26. The number of allylic oxidation sites excluding steroid dienone is 5. The van der Waals surface area contributed by atoms with Crippen molar-refractivity contribution in [2.75, 3.05) is 13.7 Å². The Morgan fingerprint density at radius 3 is 3.07 bits per heavy atom. The first-order valence-electron chi connectivity index (χ1n) is 9.13. The third-order valence-electron chi connectivity index (χ3n) is 4.93. The van der Waals surface area contributed by atoms with Gasteiger partial charge in [0.1, 0.15) is 5.65 Å². The van der Waals surface area contributed by atoms with E-state index in [2.05, 4.69) is 51.0 Å². The second-order valence-electron chi connectivity index (χ2n) is 6.78. The lowest BCUT2D eigenvalue weighted by atomic mass is 10.0. The van der Waals surface area contributed by atoms with Gasteiger partial charge < -0.3 is 15.0 Å². The van der Waals surface area contributed by atoms with Crippen LogP contribution in [0.1, 0.15) is 12.0 Å². The van der Waals surface area contributed by atoms with Crippen LogP contribution < -0.4 is 10.6 Å². The summed E-state index contributed by atoms with van der Waals surface area (Å²) in [7, 11) is 1.70. The molecule has 0 fully saturated rings. The van der Waals surface area contributed by atoms with Gasteiger partial charge in [-0.25, -0.2) is 4.98 Å². The number of H-pyrrole nitrogens is 1. The van der Waals surface area contributed by atoms with E-state index in [1.807, 2.05) is 18.3 Å². The highest BCUT2D eigenvalue weighted by atomic mass is 35.5. The highest BCUT2D eigenvalue weighted by Crippen LogP contribution is 2.23. The lowest BCUT2D eigenvalue weighted by molar-refractivity contribution is 0.241. The maximum Gasteiger partial charge on any atom is 0.191 e. The number of aromatic nitrogens is 2. The first-order chi connectivity index (χ1) is 13.2. The Morgan fingerprint density at radius 1 is 1.33 bits per heavy atom. The van der Waals surface area contributed by atoms with Crippen molar-refractivity contribution in [1.29, 1.82) is 0 Å². The predicted molar refractivity (Wildman–Crippen MR) is 109 cm³/mol. The van der Waals surface area contributed by atoms with Gasteiger partial charge in [-0.2, -0.15) is 0 Å². The quantitative estimate of drug-likeness (QED) is 0.712. The van der Waals surface area contributed by atoms with Crippen LogP contribution in [-0.2, 0) is 11.2 Å². The molecule has 2 unspecified atom stereocenters. The molecule has 1 aliphatic carbocycles. The van der Waals surface area contributed by atoms with Crippen molar-refractivity contribution in [2.24, 2.45) is 5.92 Å². The van der Waals surface area contributed by atoms with E-state index in [4.69, 9.17) is 16.3 Å². The number of aromatic amines is 1. The minimum absolute atomic E-state index is 0.0445. The van der Waals surface area contributed by atoms with E-state index in [1.54, 1.807) is 13.3 Å². The summed E-state index contributed by atoms with van der Waals surface area (Å²) in [6.45, 7) is 0.875. The smallest absolute Gasteiger partial charge is 0.191 e. The number of hydrogen-bond donors (Lipinski definition) is 3. The number of ether oxygens (including phenoxy) is 1. The minimum Gasteiger partial charge on any atom is -0.482 e. The van der Waals surface area contributed by atoms with Crippen LogP contribution >= 0.6 is 11.6 Å². The normalized spacial score (nSPS) is 22.1. The van der Waals surface area contributed by atoms with Crippen molar-refractivity contribution in [2.45, 2.75) is 19.0 Å². The Bertz CT molecular complexity index is 941. The van der Waals surface area contributed by atoms with E-state index in [1.165, 1.54) is 5.56 Å². The maximum absolute atomic E-state index is 5.98. The number of fused-ring (bicyclic) bond motifs is 1. The second kappa shape index (κ2) is 8.03. The zero-order chi connectivity index (χ0) is 18.6. The molecule has 0 aromatic carbocycles. The summed E-state index contributed by atoms with van der Waals surface area (Å²) in [6.07, 6.45) is 16.1. The van der Waals surface area contributed by atoms with Crippen LogP contribution in [0.25, 0.3) is 11.0 Å². The minimum atomic E-state index is 0.0445. The van der Waals surface area contributed by atoms with Crippen molar-refractivity contribution < 1.29 is 4.74 Å². The van der Waals surface area contributed by atoms with Crippen LogP contribution in [0.4, 0.5) is 0 Å². The molecule has 27 heavy (non-hydrogen) atoms. The zero-order valence-corrected chi connectivity index (χ0v) is 16.0. The van der Waals surface area contributed by atoms with Gasteiger partial charge in [-0.15, -0.1) is 0 Å². The first kappa shape index (κ1) is 17.9. The van der Waals surface area contributed by atoms with Gasteiger partial charge in [-0.3, -0.25) is 5.32 Å². The molecule has 0 saturated carbocycles. The fourth-order valence-electron chi connectivity index (χ4n) is 3.45. The van der Waals surface area contributed by atoms with Crippen molar-refractivity contribution in [3.05, 3.63) is 77.0 Å². The summed E-state index contributed by atoms with van der Waals surface area (Å²) in [5, 5.41) is 8.92. The standard InChI is InChI=1S/C21H23ClN4O/c1-27-21-15(11-16-13-25-20-18(16)3-2-10-23-20)6-9-19(26-21)24-12-14-4-7-17(22)8-5-14/h2-4,6-10,13-14,19,24,26H,5,11-12H2,1H3,(H,23,25). The summed E-state index contributed by atoms with van der Waals surface area (Å²) < 4.78 is 5.61. The molecule has 6 heteroatoms.